The van der Waals surface area contributed by atoms with E-state index < -0.39 is 16.9 Å². The monoisotopic (exact) mass is 472 g/mol. The molecule has 34 heavy (non-hydrogen) atoms. The Balaban J connectivity index is 1.42. The van der Waals surface area contributed by atoms with Gasteiger partial charge in [0, 0.05) is 18.3 Å². The van der Waals surface area contributed by atoms with E-state index in [0.717, 1.165) is 37.5 Å². The minimum Gasteiger partial charge on any atom is -0.458 e. The molecule has 5 rings (SSSR count). The van der Waals surface area contributed by atoms with Gasteiger partial charge in [0.15, 0.2) is 0 Å². The molecule has 188 valence electrons. The summed E-state index contributed by atoms with van der Waals surface area (Å²) >= 11 is 0. The predicted octanol–water partition coefficient (Wildman–Crippen LogP) is 3.62. The van der Waals surface area contributed by atoms with E-state index in [1.807, 2.05) is 13.8 Å². The first-order valence-corrected chi connectivity index (χ1v) is 13.2. The lowest BCUT2D eigenvalue weighted by Crippen LogP contribution is -2.62. The van der Waals surface area contributed by atoms with Crippen molar-refractivity contribution in [2.75, 3.05) is 6.61 Å². The van der Waals surface area contributed by atoms with E-state index in [1.165, 1.54) is 0 Å². The molecule has 1 aliphatic heterocycles. The molecule has 10 atom stereocenters. The zero-order chi connectivity index (χ0) is 24.6. The fraction of sp³-hybridized carbons (Fsp3) is 0.821. The van der Waals surface area contributed by atoms with E-state index in [-0.39, 0.29) is 47.6 Å². The fourth-order valence-corrected chi connectivity index (χ4v) is 9.73. The van der Waals surface area contributed by atoms with E-state index in [2.05, 4.69) is 13.8 Å². The van der Waals surface area contributed by atoms with Gasteiger partial charge in [-0.2, -0.15) is 0 Å². The van der Waals surface area contributed by atoms with Crippen LogP contribution in [0.5, 0.6) is 0 Å². The maximum absolute atomic E-state index is 13.2. The molecule has 0 radical (unpaired) electrons. The van der Waals surface area contributed by atoms with E-state index in [0.29, 0.717) is 43.1 Å². The average molecular weight is 473 g/mol. The van der Waals surface area contributed by atoms with E-state index >= 15 is 0 Å². The molecule has 4 saturated carbocycles. The van der Waals surface area contributed by atoms with Gasteiger partial charge < -0.3 is 19.7 Å². The lowest BCUT2D eigenvalue weighted by molar-refractivity contribution is -0.186. The van der Waals surface area contributed by atoms with Crippen LogP contribution in [0.25, 0.3) is 0 Å². The number of aldehydes is 1. The highest BCUT2D eigenvalue weighted by atomic mass is 16.5. The van der Waals surface area contributed by atoms with Gasteiger partial charge in [-0.3, -0.25) is 4.79 Å². The van der Waals surface area contributed by atoms with Crippen LogP contribution in [0, 0.1) is 45.8 Å². The summed E-state index contributed by atoms with van der Waals surface area (Å²) in [7, 11) is 0. The van der Waals surface area contributed by atoms with Gasteiger partial charge in [0.05, 0.1) is 23.7 Å². The number of hydrogen-bond acceptors (Lipinski definition) is 6. The Hall–Kier alpha value is -1.53. The van der Waals surface area contributed by atoms with Gasteiger partial charge in [-0.15, -0.1) is 0 Å². The molecule has 0 bridgehead atoms. The van der Waals surface area contributed by atoms with Crippen molar-refractivity contribution in [1.29, 1.82) is 0 Å². The third-order valence-corrected chi connectivity index (χ3v) is 11.8. The van der Waals surface area contributed by atoms with Gasteiger partial charge in [0.2, 0.25) is 0 Å². The lowest BCUT2D eigenvalue weighted by Gasteiger charge is -2.61. The summed E-state index contributed by atoms with van der Waals surface area (Å²) in [5.74, 6) is 1.14. The number of rotatable bonds is 4. The van der Waals surface area contributed by atoms with Gasteiger partial charge in [-0.1, -0.05) is 26.3 Å². The number of ketones is 1. The number of cyclic esters (lactones) is 1. The molecule has 0 spiro atoms. The van der Waals surface area contributed by atoms with Gasteiger partial charge in [0.1, 0.15) is 18.2 Å². The number of fused-ring (bicyclic) bond motifs is 5. The zero-order valence-corrected chi connectivity index (χ0v) is 21.0. The van der Waals surface area contributed by atoms with Crippen molar-refractivity contribution in [3.8, 4) is 0 Å². The highest BCUT2D eigenvalue weighted by Crippen LogP contribution is 2.71. The summed E-state index contributed by atoms with van der Waals surface area (Å²) in [5, 5.41) is 20.8. The van der Waals surface area contributed by atoms with E-state index in [4.69, 9.17) is 4.74 Å². The van der Waals surface area contributed by atoms with Crippen molar-refractivity contribution in [2.24, 2.45) is 45.8 Å². The second-order valence-corrected chi connectivity index (χ2v) is 12.6. The largest absolute Gasteiger partial charge is 0.458 e. The van der Waals surface area contributed by atoms with Crippen molar-refractivity contribution in [1.82, 2.24) is 0 Å². The van der Waals surface area contributed by atoms with Crippen molar-refractivity contribution in [3.05, 3.63) is 11.1 Å². The molecular weight excluding hydrogens is 432 g/mol. The van der Waals surface area contributed by atoms with Crippen molar-refractivity contribution in [3.63, 3.8) is 0 Å². The molecule has 4 aliphatic carbocycles. The smallest absolute Gasteiger partial charge is 0.336 e. The first-order chi connectivity index (χ1) is 16.0. The van der Waals surface area contributed by atoms with Crippen molar-refractivity contribution in [2.45, 2.75) is 91.3 Å². The predicted molar refractivity (Wildman–Crippen MR) is 125 cm³/mol. The normalized spacial score (nSPS) is 49.2. The molecule has 6 nitrogen and oxygen atoms in total. The summed E-state index contributed by atoms with van der Waals surface area (Å²) in [6, 6.07) is 0. The molecule has 6 heteroatoms. The van der Waals surface area contributed by atoms with Gasteiger partial charge in [0.25, 0.3) is 0 Å². The van der Waals surface area contributed by atoms with Crippen LogP contribution in [0.3, 0.4) is 0 Å². The molecular formula is C28H40O6. The number of carbonyl (C=O) groups is 3. The summed E-state index contributed by atoms with van der Waals surface area (Å²) in [6.45, 7) is 8.19. The van der Waals surface area contributed by atoms with E-state index in [1.54, 1.807) is 0 Å². The molecule has 5 unspecified atom stereocenters. The second-order valence-electron chi connectivity index (χ2n) is 12.6. The Morgan fingerprint density at radius 2 is 1.88 bits per heavy atom. The first kappa shape index (κ1) is 24.2. The van der Waals surface area contributed by atoms with Gasteiger partial charge in [-0.05, 0) is 80.5 Å². The molecule has 0 saturated heterocycles. The Morgan fingerprint density at radius 1 is 1.15 bits per heavy atom. The fourth-order valence-electron chi connectivity index (χ4n) is 9.73. The third kappa shape index (κ3) is 2.90. The summed E-state index contributed by atoms with van der Waals surface area (Å²) in [5.41, 5.74) is -0.310. The number of carbonyl (C=O) groups excluding carboxylic acids is 3. The number of hydrogen-bond donors (Lipinski definition) is 2. The Bertz CT molecular complexity index is 939. The Kier molecular flexibility index (Phi) is 5.68. The Morgan fingerprint density at radius 3 is 2.53 bits per heavy atom. The topological polar surface area (TPSA) is 101 Å². The summed E-state index contributed by atoms with van der Waals surface area (Å²) < 4.78 is 5.82. The maximum atomic E-state index is 13.2. The van der Waals surface area contributed by atoms with Crippen LogP contribution >= 0.6 is 0 Å². The number of aliphatic hydroxyl groups is 2. The van der Waals surface area contributed by atoms with Crippen LogP contribution < -0.4 is 0 Å². The molecule has 2 N–H and O–H groups in total. The summed E-state index contributed by atoms with van der Waals surface area (Å²) in [6.07, 6.45) is 6.13. The molecule has 5 aliphatic rings. The number of aliphatic hydroxyl groups excluding tert-OH is 2. The highest BCUT2D eigenvalue weighted by molar-refractivity contribution is 5.93. The number of ether oxygens (including phenoxy) is 1. The highest BCUT2D eigenvalue weighted by Gasteiger charge is 2.71. The van der Waals surface area contributed by atoms with Crippen LogP contribution in [-0.2, 0) is 19.1 Å². The van der Waals surface area contributed by atoms with Crippen molar-refractivity contribution < 1.29 is 29.3 Å². The van der Waals surface area contributed by atoms with Crippen LogP contribution in [0.2, 0.25) is 0 Å². The van der Waals surface area contributed by atoms with Crippen molar-refractivity contribution >= 4 is 18.0 Å². The third-order valence-electron chi connectivity index (χ3n) is 11.8. The lowest BCUT2D eigenvalue weighted by atomic mass is 9.43. The molecule has 0 amide bonds. The zero-order valence-electron chi connectivity index (χ0n) is 21.0. The molecule has 1 heterocycles. The van der Waals surface area contributed by atoms with Crippen LogP contribution in [0.1, 0.15) is 79.1 Å². The number of Topliss-reactive ketones (excluding diaryl/α,β-unsaturated/α-hetero) is 1. The molecule has 0 aromatic rings. The van der Waals surface area contributed by atoms with Crippen LogP contribution in [0.15, 0.2) is 11.1 Å². The quantitative estimate of drug-likeness (QED) is 0.479. The molecule has 4 fully saturated rings. The number of esters is 1. The van der Waals surface area contributed by atoms with E-state index in [9.17, 15) is 24.6 Å². The molecule has 0 aromatic carbocycles. The van der Waals surface area contributed by atoms with Gasteiger partial charge in [-0.25, -0.2) is 4.79 Å². The standard InChI is InChI=1S/C28H40O6/c1-15-11-22(34-25(33)18(15)13-29)16(2)19-5-6-20-17-12-24(32)28(14-30)10-8-23(31)27(28,4)21(17)7-9-26(19,20)3/h14,16-17,19-22,24,29,32H,5-13H2,1-4H3/t16-,17?,19?,20?,21?,22?,24+,26+,27-,28+/m0/s1. The SMILES string of the molecule is CC1=C(CO)C(=O)OC([C@@H](C)C2CCC3C4C[C@@H](O)[C@]5(C=O)CCC(=O)[C@]5(C)C4CC[C@@]32C)C1. The first-order valence-electron chi connectivity index (χ1n) is 13.2. The molecule has 0 aromatic heterocycles. The van der Waals surface area contributed by atoms with Gasteiger partial charge >= 0.3 is 5.97 Å². The Labute approximate surface area is 202 Å². The average Bonchev–Trinajstić information content (AvgIpc) is 3.28. The van der Waals surface area contributed by atoms with Crippen LogP contribution in [0.4, 0.5) is 0 Å². The maximum Gasteiger partial charge on any atom is 0.336 e. The second kappa shape index (κ2) is 7.99. The summed E-state index contributed by atoms with van der Waals surface area (Å²) in [4.78, 5) is 38.0. The minimum atomic E-state index is -0.922. The minimum absolute atomic E-state index is 0.0563. The van der Waals surface area contributed by atoms with Crippen LogP contribution in [-0.4, -0.2) is 47.1 Å².